The second kappa shape index (κ2) is 6.70. The van der Waals surface area contributed by atoms with Crippen molar-refractivity contribution < 1.29 is 13.2 Å². The fourth-order valence-electron chi connectivity index (χ4n) is 1.49. The minimum Gasteiger partial charge on any atom is -0.344 e. The van der Waals surface area contributed by atoms with Crippen molar-refractivity contribution in [2.24, 2.45) is 0 Å². The normalized spacial score (nSPS) is 11.7. The van der Waals surface area contributed by atoms with E-state index in [9.17, 15) is 13.2 Å². The molecule has 0 aliphatic rings. The van der Waals surface area contributed by atoms with Crippen molar-refractivity contribution >= 4 is 5.95 Å². The van der Waals surface area contributed by atoms with Gasteiger partial charge in [0.15, 0.2) is 0 Å². The Morgan fingerprint density at radius 1 is 1.37 bits per heavy atom. The summed E-state index contributed by atoms with van der Waals surface area (Å²) in [6.07, 6.45) is -3.37. The highest BCUT2D eigenvalue weighted by Gasteiger charge is 2.27. The van der Waals surface area contributed by atoms with Crippen molar-refractivity contribution in [3.63, 3.8) is 0 Å². The third-order valence-electron chi connectivity index (χ3n) is 2.71. The Kier molecular flexibility index (Phi) is 5.53. The number of rotatable bonds is 6. The monoisotopic (exact) mass is 276 g/mol. The van der Waals surface area contributed by atoms with Gasteiger partial charge < -0.3 is 10.2 Å². The van der Waals surface area contributed by atoms with Gasteiger partial charge in [-0.2, -0.15) is 13.2 Å². The van der Waals surface area contributed by atoms with E-state index in [1.54, 1.807) is 13.2 Å². The summed E-state index contributed by atoms with van der Waals surface area (Å²) in [5, 5.41) is 3.16. The topological polar surface area (TPSA) is 41.1 Å². The SMILES string of the molecule is CCNCc1cnc(N(C)CCC(F)(F)F)nc1C. The first-order valence-electron chi connectivity index (χ1n) is 6.14. The van der Waals surface area contributed by atoms with Crippen LogP contribution >= 0.6 is 0 Å². The number of anilines is 1. The number of hydrogen-bond acceptors (Lipinski definition) is 4. The summed E-state index contributed by atoms with van der Waals surface area (Å²) in [7, 11) is 1.56. The Labute approximate surface area is 111 Å². The molecule has 0 aliphatic carbocycles. The van der Waals surface area contributed by atoms with Crippen LogP contribution in [0.15, 0.2) is 6.20 Å². The first-order chi connectivity index (χ1) is 8.83. The number of alkyl halides is 3. The Bertz CT molecular complexity index is 406. The molecule has 7 heteroatoms. The molecule has 1 aromatic rings. The van der Waals surface area contributed by atoms with Gasteiger partial charge in [0.25, 0.3) is 0 Å². The van der Waals surface area contributed by atoms with E-state index in [1.807, 2.05) is 13.8 Å². The highest BCUT2D eigenvalue weighted by Crippen LogP contribution is 2.20. The zero-order valence-electron chi connectivity index (χ0n) is 11.4. The van der Waals surface area contributed by atoms with E-state index in [4.69, 9.17) is 0 Å². The van der Waals surface area contributed by atoms with Crippen molar-refractivity contribution in [3.8, 4) is 0 Å². The van der Waals surface area contributed by atoms with Gasteiger partial charge in [-0.15, -0.1) is 0 Å². The van der Waals surface area contributed by atoms with Crippen LogP contribution in [-0.4, -0.2) is 36.3 Å². The summed E-state index contributed by atoms with van der Waals surface area (Å²) in [6, 6.07) is 0. The molecule has 0 atom stereocenters. The predicted octanol–water partition coefficient (Wildman–Crippen LogP) is 2.28. The molecular weight excluding hydrogens is 257 g/mol. The first kappa shape index (κ1) is 15.7. The van der Waals surface area contributed by atoms with Crippen LogP contribution in [0.4, 0.5) is 19.1 Å². The van der Waals surface area contributed by atoms with E-state index in [1.165, 1.54) is 4.90 Å². The van der Waals surface area contributed by atoms with Gasteiger partial charge in [-0.3, -0.25) is 0 Å². The lowest BCUT2D eigenvalue weighted by atomic mass is 10.2. The molecule has 4 nitrogen and oxygen atoms in total. The summed E-state index contributed by atoms with van der Waals surface area (Å²) < 4.78 is 36.4. The van der Waals surface area contributed by atoms with Crippen LogP contribution < -0.4 is 10.2 Å². The van der Waals surface area contributed by atoms with Gasteiger partial charge in [0, 0.05) is 37.6 Å². The average molecular weight is 276 g/mol. The molecule has 0 unspecified atom stereocenters. The lowest BCUT2D eigenvalue weighted by Gasteiger charge is -2.19. The van der Waals surface area contributed by atoms with Crippen molar-refractivity contribution in [1.82, 2.24) is 15.3 Å². The fraction of sp³-hybridized carbons (Fsp3) is 0.667. The molecule has 108 valence electrons. The van der Waals surface area contributed by atoms with Crippen LogP contribution in [-0.2, 0) is 6.54 Å². The Morgan fingerprint density at radius 2 is 2.05 bits per heavy atom. The van der Waals surface area contributed by atoms with Crippen LogP contribution in [0.1, 0.15) is 24.6 Å². The van der Waals surface area contributed by atoms with Crippen LogP contribution in [0.2, 0.25) is 0 Å². The molecule has 1 heterocycles. The van der Waals surface area contributed by atoms with Crippen molar-refractivity contribution in [3.05, 3.63) is 17.5 Å². The highest BCUT2D eigenvalue weighted by molar-refractivity contribution is 5.31. The van der Waals surface area contributed by atoms with Gasteiger partial charge in [-0.05, 0) is 13.5 Å². The highest BCUT2D eigenvalue weighted by atomic mass is 19.4. The fourth-order valence-corrected chi connectivity index (χ4v) is 1.49. The van der Waals surface area contributed by atoms with E-state index in [2.05, 4.69) is 15.3 Å². The Balaban J connectivity index is 2.66. The zero-order chi connectivity index (χ0) is 14.5. The quantitative estimate of drug-likeness (QED) is 0.865. The standard InChI is InChI=1S/C12H19F3N4/c1-4-16-7-10-8-17-11(18-9(10)2)19(3)6-5-12(13,14)15/h8,16H,4-7H2,1-3H3. The molecule has 1 rings (SSSR count). The number of hydrogen-bond donors (Lipinski definition) is 1. The van der Waals surface area contributed by atoms with Crippen molar-refractivity contribution in [1.29, 1.82) is 0 Å². The molecule has 0 saturated carbocycles. The maximum atomic E-state index is 12.1. The number of aryl methyl sites for hydroxylation is 1. The molecular formula is C12H19F3N4. The van der Waals surface area contributed by atoms with Crippen molar-refractivity contribution in [2.45, 2.75) is 33.0 Å². The molecule has 0 bridgehead atoms. The van der Waals surface area contributed by atoms with Gasteiger partial charge in [-0.25, -0.2) is 9.97 Å². The second-order valence-electron chi connectivity index (χ2n) is 4.35. The maximum absolute atomic E-state index is 12.1. The summed E-state index contributed by atoms with van der Waals surface area (Å²) in [5.74, 6) is 0.321. The zero-order valence-corrected chi connectivity index (χ0v) is 11.4. The van der Waals surface area contributed by atoms with Crippen LogP contribution in [0.5, 0.6) is 0 Å². The number of nitrogens with one attached hydrogen (secondary N) is 1. The molecule has 0 saturated heterocycles. The molecule has 0 fully saturated rings. The van der Waals surface area contributed by atoms with Crippen molar-refractivity contribution in [2.75, 3.05) is 25.0 Å². The minimum atomic E-state index is -4.16. The van der Waals surface area contributed by atoms with Gasteiger partial charge in [0.1, 0.15) is 0 Å². The largest absolute Gasteiger partial charge is 0.390 e. The van der Waals surface area contributed by atoms with E-state index in [0.29, 0.717) is 12.5 Å². The molecule has 0 aromatic carbocycles. The van der Waals surface area contributed by atoms with Gasteiger partial charge >= 0.3 is 6.18 Å². The number of nitrogens with zero attached hydrogens (tertiary/aromatic N) is 3. The van der Waals surface area contributed by atoms with Crippen LogP contribution in [0.3, 0.4) is 0 Å². The summed E-state index contributed by atoms with van der Waals surface area (Å²) in [4.78, 5) is 9.75. The summed E-state index contributed by atoms with van der Waals surface area (Å²) >= 11 is 0. The first-order valence-corrected chi connectivity index (χ1v) is 6.14. The third kappa shape index (κ3) is 5.42. The minimum absolute atomic E-state index is 0.143. The molecule has 0 aliphatic heterocycles. The molecule has 0 amide bonds. The van der Waals surface area contributed by atoms with Gasteiger partial charge in [0.2, 0.25) is 5.95 Å². The average Bonchev–Trinajstić information content (AvgIpc) is 2.33. The molecule has 1 N–H and O–H groups in total. The van der Waals surface area contributed by atoms with Gasteiger partial charge in [-0.1, -0.05) is 6.92 Å². The van der Waals surface area contributed by atoms with Crippen LogP contribution in [0.25, 0.3) is 0 Å². The van der Waals surface area contributed by atoms with Gasteiger partial charge in [0.05, 0.1) is 6.42 Å². The number of aromatic nitrogens is 2. The molecule has 19 heavy (non-hydrogen) atoms. The van der Waals surface area contributed by atoms with E-state index in [-0.39, 0.29) is 6.54 Å². The molecule has 1 aromatic heterocycles. The van der Waals surface area contributed by atoms with E-state index < -0.39 is 12.6 Å². The lowest BCUT2D eigenvalue weighted by Crippen LogP contribution is -2.26. The molecule has 0 spiro atoms. The predicted molar refractivity (Wildman–Crippen MR) is 68.1 cm³/mol. The maximum Gasteiger partial charge on any atom is 0.390 e. The smallest absolute Gasteiger partial charge is 0.344 e. The second-order valence-corrected chi connectivity index (χ2v) is 4.35. The Hall–Kier alpha value is -1.37. The summed E-state index contributed by atoms with van der Waals surface area (Å²) in [5.41, 5.74) is 1.74. The van der Waals surface area contributed by atoms with E-state index >= 15 is 0 Å². The summed E-state index contributed by atoms with van der Waals surface area (Å²) in [6.45, 7) is 5.18. The third-order valence-corrected chi connectivity index (χ3v) is 2.71. The Morgan fingerprint density at radius 3 is 2.58 bits per heavy atom. The molecule has 0 radical (unpaired) electrons. The van der Waals surface area contributed by atoms with Crippen LogP contribution in [0, 0.1) is 6.92 Å². The number of halogens is 3. The lowest BCUT2D eigenvalue weighted by molar-refractivity contribution is -0.132. The van der Waals surface area contributed by atoms with E-state index in [0.717, 1.165) is 17.8 Å².